The van der Waals surface area contributed by atoms with Gasteiger partial charge in [0.25, 0.3) is 0 Å². The minimum atomic E-state index is -0.959. The van der Waals surface area contributed by atoms with Crippen LogP contribution < -0.4 is 4.74 Å². The van der Waals surface area contributed by atoms with Crippen molar-refractivity contribution in [2.75, 3.05) is 13.2 Å². The number of aliphatic carboxylic acids is 1. The van der Waals surface area contributed by atoms with Gasteiger partial charge in [-0.2, -0.15) is 0 Å². The lowest BCUT2D eigenvalue weighted by Gasteiger charge is -2.12. The topological polar surface area (TPSA) is 87.0 Å². The summed E-state index contributed by atoms with van der Waals surface area (Å²) >= 11 is 0. The van der Waals surface area contributed by atoms with E-state index in [1.165, 1.54) is 0 Å². The van der Waals surface area contributed by atoms with E-state index in [1.807, 2.05) is 6.07 Å². The number of hydrogen-bond acceptors (Lipinski definition) is 4. The molecule has 0 saturated carbocycles. The molecule has 1 aromatic rings. The Kier molecular flexibility index (Phi) is 7.39. The highest BCUT2D eigenvalue weighted by Crippen LogP contribution is 2.23. The molecular formula is C15H20O5. The highest BCUT2D eigenvalue weighted by molar-refractivity contribution is 5.79. The molecular weight excluding hydrogens is 260 g/mol. The second-order valence-corrected chi connectivity index (χ2v) is 4.33. The number of allylic oxidation sites excluding steroid dienone is 1. The molecule has 0 amide bonds. The molecule has 0 unspecified atom stereocenters. The molecule has 0 radical (unpaired) electrons. The van der Waals surface area contributed by atoms with Crippen LogP contribution in [-0.2, 0) is 4.79 Å². The van der Waals surface area contributed by atoms with Gasteiger partial charge in [0.05, 0.1) is 12.7 Å². The van der Waals surface area contributed by atoms with Crippen LogP contribution in [0.25, 0.3) is 0 Å². The maximum absolute atomic E-state index is 10.3. The Morgan fingerprint density at radius 2 is 2.20 bits per heavy atom. The number of unbranched alkanes of at least 4 members (excludes halogenated alkanes) is 1. The lowest BCUT2D eigenvalue weighted by molar-refractivity contribution is -0.131. The van der Waals surface area contributed by atoms with Crippen LogP contribution in [0.3, 0.4) is 0 Å². The minimum absolute atomic E-state index is 0.0529. The zero-order valence-electron chi connectivity index (χ0n) is 11.2. The van der Waals surface area contributed by atoms with Crippen LogP contribution in [0.4, 0.5) is 0 Å². The molecule has 0 fully saturated rings. The van der Waals surface area contributed by atoms with Crippen LogP contribution in [0, 0.1) is 0 Å². The van der Waals surface area contributed by atoms with Crippen molar-refractivity contribution < 1.29 is 24.9 Å². The molecule has 110 valence electrons. The molecule has 0 aliphatic heterocycles. The number of hydrogen-bond donors (Lipinski definition) is 3. The van der Waals surface area contributed by atoms with Gasteiger partial charge in [-0.15, -0.1) is 0 Å². The maximum Gasteiger partial charge on any atom is 0.327 e. The first-order valence-corrected chi connectivity index (χ1v) is 6.54. The molecule has 1 atom stereocenters. The van der Waals surface area contributed by atoms with Crippen molar-refractivity contribution in [2.45, 2.75) is 25.4 Å². The number of carboxylic acids is 1. The van der Waals surface area contributed by atoms with E-state index in [9.17, 15) is 9.90 Å². The molecule has 0 bridgehead atoms. The molecule has 0 aliphatic rings. The third-order valence-electron chi connectivity index (χ3n) is 2.71. The minimum Gasteiger partial charge on any atom is -0.491 e. The van der Waals surface area contributed by atoms with Crippen molar-refractivity contribution >= 4 is 5.97 Å². The summed E-state index contributed by atoms with van der Waals surface area (Å²) in [5.74, 6) is -0.347. The van der Waals surface area contributed by atoms with Gasteiger partial charge < -0.3 is 20.1 Å². The Balaban J connectivity index is 2.42. The maximum atomic E-state index is 10.3. The molecule has 3 N–H and O–H groups in total. The van der Waals surface area contributed by atoms with Crippen LogP contribution in [-0.4, -0.2) is 34.5 Å². The van der Waals surface area contributed by atoms with Gasteiger partial charge >= 0.3 is 5.97 Å². The molecule has 20 heavy (non-hydrogen) atoms. The van der Waals surface area contributed by atoms with Gasteiger partial charge in [0.15, 0.2) is 0 Å². The van der Waals surface area contributed by atoms with Crippen LogP contribution >= 0.6 is 0 Å². The van der Waals surface area contributed by atoms with E-state index in [2.05, 4.69) is 0 Å². The fraction of sp³-hybridized carbons (Fsp3) is 0.400. The molecule has 0 spiro atoms. The van der Waals surface area contributed by atoms with Crippen molar-refractivity contribution in [2.24, 2.45) is 0 Å². The van der Waals surface area contributed by atoms with Gasteiger partial charge in [0, 0.05) is 6.08 Å². The quantitative estimate of drug-likeness (QED) is 0.475. The van der Waals surface area contributed by atoms with Crippen molar-refractivity contribution in [1.82, 2.24) is 0 Å². The monoisotopic (exact) mass is 280 g/mol. The first-order valence-electron chi connectivity index (χ1n) is 6.54. The molecule has 0 aliphatic carbocycles. The zero-order valence-corrected chi connectivity index (χ0v) is 11.2. The Morgan fingerprint density at radius 1 is 1.40 bits per heavy atom. The number of rotatable bonds is 9. The van der Waals surface area contributed by atoms with E-state index < -0.39 is 12.1 Å². The van der Waals surface area contributed by atoms with Crippen molar-refractivity contribution in [1.29, 1.82) is 0 Å². The summed E-state index contributed by atoms with van der Waals surface area (Å²) in [6, 6.07) is 7.11. The normalized spacial score (nSPS) is 12.5. The fourth-order valence-corrected chi connectivity index (χ4v) is 1.75. The van der Waals surface area contributed by atoms with Crippen molar-refractivity contribution in [3.8, 4) is 5.75 Å². The van der Waals surface area contributed by atoms with E-state index in [0.29, 0.717) is 25.0 Å². The van der Waals surface area contributed by atoms with Gasteiger partial charge in [0.2, 0.25) is 0 Å². The highest BCUT2D eigenvalue weighted by Gasteiger charge is 2.07. The molecule has 0 heterocycles. The van der Waals surface area contributed by atoms with E-state index in [4.69, 9.17) is 14.9 Å². The van der Waals surface area contributed by atoms with Crippen LogP contribution in [0.2, 0.25) is 0 Å². The highest BCUT2D eigenvalue weighted by atomic mass is 16.5. The Labute approximate surface area is 118 Å². The number of carbonyl (C=O) groups is 1. The summed E-state index contributed by atoms with van der Waals surface area (Å²) in [6.45, 7) is 0.169. The summed E-state index contributed by atoms with van der Waals surface area (Å²) in [5, 5.41) is 27.2. The smallest absolute Gasteiger partial charge is 0.327 e. The predicted octanol–water partition coefficient (Wildman–Crippen LogP) is 1.90. The lowest BCUT2D eigenvalue weighted by atomic mass is 10.0. The lowest BCUT2D eigenvalue weighted by Crippen LogP contribution is -2.03. The summed E-state index contributed by atoms with van der Waals surface area (Å²) in [6.07, 6.45) is 3.95. The van der Waals surface area contributed by atoms with Crippen molar-refractivity contribution in [3.05, 3.63) is 42.0 Å². The van der Waals surface area contributed by atoms with E-state index in [-0.39, 0.29) is 13.2 Å². The summed E-state index contributed by atoms with van der Waals surface area (Å²) < 4.78 is 5.28. The zero-order chi connectivity index (χ0) is 14.8. The molecule has 5 nitrogen and oxygen atoms in total. The second kappa shape index (κ2) is 9.12. The summed E-state index contributed by atoms with van der Waals surface area (Å²) in [4.78, 5) is 10.3. The Bertz CT molecular complexity index is 442. The molecule has 1 rings (SSSR count). The molecule has 0 aromatic heterocycles. The van der Waals surface area contributed by atoms with Gasteiger partial charge in [-0.25, -0.2) is 4.79 Å². The van der Waals surface area contributed by atoms with E-state index in [0.717, 1.165) is 11.6 Å². The Hall–Kier alpha value is -1.85. The summed E-state index contributed by atoms with van der Waals surface area (Å²) in [5.41, 5.74) is 0.752. The first-order chi connectivity index (χ1) is 9.63. The molecule has 1 aromatic carbocycles. The largest absolute Gasteiger partial charge is 0.491 e. The standard InChI is InChI=1S/C15H20O5/c16-9-10-20-13-6-4-5-12(11-13)14(17)7-2-1-3-8-15(18)19/h3-6,8,11,14,16-17H,1-2,7,9-10H2,(H,18,19)/b8-3+/t14-/m0/s1. The fourth-order valence-electron chi connectivity index (χ4n) is 1.75. The number of ether oxygens (including phenoxy) is 1. The number of aliphatic hydroxyl groups is 2. The second-order valence-electron chi connectivity index (χ2n) is 4.33. The predicted molar refractivity (Wildman–Crippen MR) is 74.6 cm³/mol. The number of benzene rings is 1. The van der Waals surface area contributed by atoms with Crippen molar-refractivity contribution in [3.63, 3.8) is 0 Å². The third-order valence-corrected chi connectivity index (χ3v) is 2.71. The third kappa shape index (κ3) is 6.36. The van der Waals surface area contributed by atoms with Crippen LogP contribution in [0.1, 0.15) is 30.9 Å². The number of aliphatic hydroxyl groups excluding tert-OH is 2. The van der Waals surface area contributed by atoms with Gasteiger partial charge in [-0.3, -0.25) is 0 Å². The average Bonchev–Trinajstić information content (AvgIpc) is 2.44. The first kappa shape index (κ1) is 16.2. The number of carboxylic acid groups (broad SMARTS) is 1. The van der Waals surface area contributed by atoms with Gasteiger partial charge in [0.1, 0.15) is 12.4 Å². The SMILES string of the molecule is O=C(O)/C=C/CCC[C@H](O)c1cccc(OCCO)c1. The average molecular weight is 280 g/mol. The molecule has 0 saturated heterocycles. The van der Waals surface area contributed by atoms with E-state index >= 15 is 0 Å². The van der Waals surface area contributed by atoms with Gasteiger partial charge in [-0.05, 0) is 37.0 Å². The Morgan fingerprint density at radius 3 is 2.90 bits per heavy atom. The van der Waals surface area contributed by atoms with E-state index in [1.54, 1.807) is 24.3 Å². The van der Waals surface area contributed by atoms with Crippen LogP contribution in [0.5, 0.6) is 5.75 Å². The summed E-state index contributed by atoms with van der Waals surface area (Å²) in [7, 11) is 0. The molecule has 5 heteroatoms. The van der Waals surface area contributed by atoms with Crippen LogP contribution in [0.15, 0.2) is 36.4 Å². The van der Waals surface area contributed by atoms with Gasteiger partial charge in [-0.1, -0.05) is 18.2 Å².